The van der Waals surface area contributed by atoms with Gasteiger partial charge in [-0.2, -0.15) is 5.26 Å². The molecule has 3 N–H and O–H groups in total. The maximum Gasteiger partial charge on any atom is 0.230 e. The molecule has 0 radical (unpaired) electrons. The molecule has 7 heteroatoms. The van der Waals surface area contributed by atoms with Gasteiger partial charge < -0.3 is 11.1 Å². The number of unbranched alkanes of at least 4 members (excludes halogenated alkanes) is 2. The summed E-state index contributed by atoms with van der Waals surface area (Å²) in [5.41, 5.74) is 5.81. The average molecular weight is 279 g/mol. The highest BCUT2D eigenvalue weighted by molar-refractivity contribution is 7.99. The van der Waals surface area contributed by atoms with Crippen LogP contribution in [0, 0.1) is 11.3 Å². The molecule has 1 rings (SSSR count). The fraction of sp³-hybridized carbons (Fsp3) is 0.500. The summed E-state index contributed by atoms with van der Waals surface area (Å²) in [5, 5.41) is 11.9. The highest BCUT2D eigenvalue weighted by atomic mass is 32.2. The molecule has 1 aromatic heterocycles. The molecule has 102 valence electrons. The van der Waals surface area contributed by atoms with Gasteiger partial charge in [-0.25, -0.2) is 9.97 Å². The number of hydrogen-bond donors (Lipinski definition) is 2. The summed E-state index contributed by atoms with van der Waals surface area (Å²) >= 11 is 1.20. The van der Waals surface area contributed by atoms with Gasteiger partial charge in [0.2, 0.25) is 5.91 Å². The van der Waals surface area contributed by atoms with Crippen molar-refractivity contribution in [3.8, 4) is 6.07 Å². The number of carbonyl (C=O) groups excluding carboxylic acids is 1. The van der Waals surface area contributed by atoms with Crippen molar-refractivity contribution < 1.29 is 4.79 Å². The van der Waals surface area contributed by atoms with Crippen LogP contribution in [0.2, 0.25) is 0 Å². The van der Waals surface area contributed by atoms with Crippen molar-refractivity contribution in [3.05, 3.63) is 11.8 Å². The van der Waals surface area contributed by atoms with Gasteiger partial charge in [0.05, 0.1) is 11.9 Å². The predicted molar refractivity (Wildman–Crippen MR) is 74.4 cm³/mol. The third-order valence-electron chi connectivity index (χ3n) is 2.35. The maximum absolute atomic E-state index is 11.5. The Morgan fingerprint density at radius 1 is 1.58 bits per heavy atom. The summed E-state index contributed by atoms with van der Waals surface area (Å²) in [6.45, 7) is 2.81. The molecular weight excluding hydrogens is 262 g/mol. The lowest BCUT2D eigenvalue weighted by Gasteiger charge is -2.04. The first-order valence-corrected chi connectivity index (χ1v) is 7.08. The minimum atomic E-state index is -0.0485. The second kappa shape index (κ2) is 8.32. The first-order valence-electron chi connectivity index (χ1n) is 6.09. The van der Waals surface area contributed by atoms with Gasteiger partial charge >= 0.3 is 0 Å². The number of anilines is 1. The average Bonchev–Trinajstić information content (AvgIpc) is 2.41. The third-order valence-corrected chi connectivity index (χ3v) is 3.21. The molecule has 6 nitrogen and oxygen atoms in total. The highest BCUT2D eigenvalue weighted by Gasteiger charge is 2.07. The second-order valence-corrected chi connectivity index (χ2v) is 4.85. The molecule has 0 atom stereocenters. The van der Waals surface area contributed by atoms with Gasteiger partial charge in [-0.15, -0.1) is 0 Å². The van der Waals surface area contributed by atoms with E-state index in [1.165, 1.54) is 18.0 Å². The molecule has 0 saturated carbocycles. The molecule has 0 unspecified atom stereocenters. The Labute approximate surface area is 116 Å². The van der Waals surface area contributed by atoms with Gasteiger partial charge in [0.1, 0.15) is 17.5 Å². The number of aromatic nitrogens is 2. The second-order valence-electron chi connectivity index (χ2n) is 3.91. The van der Waals surface area contributed by atoms with E-state index >= 15 is 0 Å². The number of nitriles is 1. The van der Waals surface area contributed by atoms with Crippen LogP contribution in [0.5, 0.6) is 0 Å². The molecule has 1 heterocycles. The molecule has 19 heavy (non-hydrogen) atoms. The molecule has 0 bridgehead atoms. The molecule has 1 aromatic rings. The first-order chi connectivity index (χ1) is 9.17. The largest absolute Gasteiger partial charge is 0.382 e. The summed E-state index contributed by atoms with van der Waals surface area (Å²) in [7, 11) is 0. The van der Waals surface area contributed by atoms with E-state index < -0.39 is 0 Å². The Morgan fingerprint density at radius 3 is 3.00 bits per heavy atom. The fourth-order valence-corrected chi connectivity index (χ4v) is 1.97. The van der Waals surface area contributed by atoms with Gasteiger partial charge in [0.15, 0.2) is 5.16 Å². The number of hydrogen-bond acceptors (Lipinski definition) is 6. The third kappa shape index (κ3) is 5.57. The predicted octanol–water partition coefficient (Wildman–Crippen LogP) is 1.33. The summed E-state index contributed by atoms with van der Waals surface area (Å²) in [4.78, 5) is 19.4. The Bertz CT molecular complexity index is 472. The SMILES string of the molecule is CCCCCNC(=O)CSc1ncc(C#N)c(N)n1. The van der Waals surface area contributed by atoms with E-state index in [0.29, 0.717) is 11.7 Å². The Morgan fingerprint density at radius 2 is 2.37 bits per heavy atom. The van der Waals surface area contributed by atoms with E-state index in [-0.39, 0.29) is 23.0 Å². The Hall–Kier alpha value is -1.81. The zero-order chi connectivity index (χ0) is 14.1. The van der Waals surface area contributed by atoms with Crippen molar-refractivity contribution in [2.24, 2.45) is 0 Å². The molecule has 0 aliphatic carbocycles. The summed E-state index contributed by atoms with van der Waals surface area (Å²) < 4.78 is 0. The van der Waals surface area contributed by atoms with E-state index in [4.69, 9.17) is 11.0 Å². The summed E-state index contributed by atoms with van der Waals surface area (Å²) in [6, 6.07) is 1.89. The normalized spacial score (nSPS) is 9.89. The summed E-state index contributed by atoms with van der Waals surface area (Å²) in [6.07, 6.45) is 4.60. The van der Waals surface area contributed by atoms with Crippen molar-refractivity contribution in [2.75, 3.05) is 18.0 Å². The monoisotopic (exact) mass is 279 g/mol. The van der Waals surface area contributed by atoms with Gasteiger partial charge in [0.25, 0.3) is 0 Å². The standard InChI is InChI=1S/C12H17N5OS/c1-2-3-4-5-15-10(18)8-19-12-16-7-9(6-13)11(14)17-12/h7H,2-5,8H2,1H3,(H,15,18)(H2,14,16,17). The van der Waals surface area contributed by atoms with Crippen LogP contribution < -0.4 is 11.1 Å². The van der Waals surface area contributed by atoms with Crippen molar-refractivity contribution >= 4 is 23.5 Å². The molecule has 0 fully saturated rings. The number of nitrogens with two attached hydrogens (primary N) is 1. The van der Waals surface area contributed by atoms with Crippen LogP contribution in [0.25, 0.3) is 0 Å². The Kier molecular flexibility index (Phi) is 6.68. The van der Waals surface area contributed by atoms with E-state index in [1.54, 1.807) is 0 Å². The molecule has 0 spiro atoms. The van der Waals surface area contributed by atoms with E-state index in [0.717, 1.165) is 19.3 Å². The lowest BCUT2D eigenvalue weighted by atomic mass is 10.2. The lowest BCUT2D eigenvalue weighted by Crippen LogP contribution is -2.26. The van der Waals surface area contributed by atoms with Crippen molar-refractivity contribution in [1.82, 2.24) is 15.3 Å². The van der Waals surface area contributed by atoms with Gasteiger partial charge in [0, 0.05) is 6.54 Å². The zero-order valence-corrected chi connectivity index (χ0v) is 11.7. The van der Waals surface area contributed by atoms with Gasteiger partial charge in [-0.1, -0.05) is 31.5 Å². The van der Waals surface area contributed by atoms with Crippen LogP contribution >= 0.6 is 11.8 Å². The van der Waals surface area contributed by atoms with Crippen LogP contribution in [0.3, 0.4) is 0 Å². The smallest absolute Gasteiger partial charge is 0.230 e. The minimum absolute atomic E-state index is 0.0485. The topological polar surface area (TPSA) is 105 Å². The minimum Gasteiger partial charge on any atom is -0.382 e. The fourth-order valence-electron chi connectivity index (χ4n) is 1.32. The number of nitrogens with zero attached hydrogens (tertiary/aromatic N) is 3. The molecule has 0 saturated heterocycles. The number of amides is 1. The van der Waals surface area contributed by atoms with Crippen molar-refractivity contribution in [2.45, 2.75) is 31.3 Å². The first kappa shape index (κ1) is 15.2. The van der Waals surface area contributed by atoms with Crippen LogP contribution in [0.1, 0.15) is 31.7 Å². The van der Waals surface area contributed by atoms with Crippen molar-refractivity contribution in [1.29, 1.82) is 5.26 Å². The maximum atomic E-state index is 11.5. The van der Waals surface area contributed by atoms with E-state index in [2.05, 4.69) is 22.2 Å². The number of thioether (sulfide) groups is 1. The Balaban J connectivity index is 2.34. The molecule has 0 aliphatic rings. The number of rotatable bonds is 7. The highest BCUT2D eigenvalue weighted by Crippen LogP contribution is 2.15. The zero-order valence-electron chi connectivity index (χ0n) is 10.8. The number of nitrogen functional groups attached to an aromatic ring is 1. The van der Waals surface area contributed by atoms with Crippen LogP contribution in [-0.4, -0.2) is 28.2 Å². The van der Waals surface area contributed by atoms with Gasteiger partial charge in [-0.3, -0.25) is 4.79 Å². The quantitative estimate of drug-likeness (QED) is 0.443. The van der Waals surface area contributed by atoms with Crippen LogP contribution in [-0.2, 0) is 4.79 Å². The van der Waals surface area contributed by atoms with E-state index in [9.17, 15) is 4.79 Å². The molecule has 0 aromatic carbocycles. The van der Waals surface area contributed by atoms with Crippen LogP contribution in [0.15, 0.2) is 11.4 Å². The van der Waals surface area contributed by atoms with Crippen LogP contribution in [0.4, 0.5) is 5.82 Å². The van der Waals surface area contributed by atoms with Crippen molar-refractivity contribution in [3.63, 3.8) is 0 Å². The lowest BCUT2D eigenvalue weighted by molar-refractivity contribution is -0.118. The molecule has 1 amide bonds. The number of carbonyl (C=O) groups is 1. The van der Waals surface area contributed by atoms with E-state index in [1.807, 2.05) is 6.07 Å². The summed E-state index contributed by atoms with van der Waals surface area (Å²) in [5.74, 6) is 0.341. The molecular formula is C12H17N5OS. The number of nitrogens with one attached hydrogen (secondary N) is 1. The molecule has 0 aliphatic heterocycles. The van der Waals surface area contributed by atoms with Gasteiger partial charge in [-0.05, 0) is 6.42 Å².